The van der Waals surface area contributed by atoms with E-state index < -0.39 is 6.04 Å². The van der Waals surface area contributed by atoms with Crippen LogP contribution in [0.5, 0.6) is 0 Å². The lowest BCUT2D eigenvalue weighted by atomic mass is 10.1. The Labute approximate surface area is 136 Å². The summed E-state index contributed by atoms with van der Waals surface area (Å²) < 4.78 is 0. The second kappa shape index (κ2) is 7.24. The molecule has 1 amide bonds. The molecule has 1 aliphatic heterocycles. The summed E-state index contributed by atoms with van der Waals surface area (Å²) in [5.41, 5.74) is 7.72. The zero-order chi connectivity index (χ0) is 16.1. The normalized spacial score (nSPS) is 15.4. The van der Waals surface area contributed by atoms with Crippen LogP contribution in [0.1, 0.15) is 18.4 Å². The second-order valence-electron chi connectivity index (χ2n) is 5.88. The third kappa shape index (κ3) is 4.07. The molecular formula is C18H22N4O. The van der Waals surface area contributed by atoms with Crippen LogP contribution >= 0.6 is 0 Å². The topological polar surface area (TPSA) is 71.2 Å². The van der Waals surface area contributed by atoms with Crippen molar-refractivity contribution in [3.05, 3.63) is 54.2 Å². The number of rotatable bonds is 5. The van der Waals surface area contributed by atoms with Gasteiger partial charge in [0.25, 0.3) is 0 Å². The largest absolute Gasteiger partial charge is 0.357 e. The Morgan fingerprint density at radius 1 is 1.17 bits per heavy atom. The molecule has 120 valence electrons. The van der Waals surface area contributed by atoms with Gasteiger partial charge in [-0.25, -0.2) is 4.98 Å². The van der Waals surface area contributed by atoms with E-state index in [2.05, 4.69) is 15.2 Å². The van der Waals surface area contributed by atoms with E-state index in [1.165, 1.54) is 12.8 Å². The number of hydrogen-bond acceptors (Lipinski definition) is 4. The molecule has 0 bridgehead atoms. The zero-order valence-electron chi connectivity index (χ0n) is 13.1. The van der Waals surface area contributed by atoms with Crippen molar-refractivity contribution >= 4 is 17.4 Å². The van der Waals surface area contributed by atoms with Crippen LogP contribution < -0.4 is 16.0 Å². The number of carbonyl (C=O) groups is 1. The van der Waals surface area contributed by atoms with Crippen LogP contribution in [0.15, 0.2) is 48.7 Å². The molecule has 1 aromatic heterocycles. The van der Waals surface area contributed by atoms with Gasteiger partial charge in [-0.3, -0.25) is 4.79 Å². The third-order valence-corrected chi connectivity index (χ3v) is 4.08. The Balaban J connectivity index is 1.56. The van der Waals surface area contributed by atoms with E-state index in [-0.39, 0.29) is 5.91 Å². The van der Waals surface area contributed by atoms with Crippen LogP contribution in [-0.4, -0.2) is 30.0 Å². The molecule has 0 spiro atoms. The van der Waals surface area contributed by atoms with Crippen molar-refractivity contribution in [3.63, 3.8) is 0 Å². The first-order valence-corrected chi connectivity index (χ1v) is 8.04. The fourth-order valence-electron chi connectivity index (χ4n) is 2.79. The monoisotopic (exact) mass is 310 g/mol. The molecule has 0 aliphatic carbocycles. The Kier molecular flexibility index (Phi) is 4.88. The minimum absolute atomic E-state index is 0.190. The molecule has 3 N–H and O–H groups in total. The summed E-state index contributed by atoms with van der Waals surface area (Å²) in [5.74, 6) is 0.777. The van der Waals surface area contributed by atoms with Crippen LogP contribution in [0.2, 0.25) is 0 Å². The fraction of sp³-hybridized carbons (Fsp3) is 0.333. The highest BCUT2D eigenvalue weighted by Crippen LogP contribution is 2.19. The number of nitrogens with zero attached hydrogens (tertiary/aromatic N) is 2. The molecule has 0 saturated carbocycles. The maximum absolute atomic E-state index is 12.2. The fourth-order valence-corrected chi connectivity index (χ4v) is 2.79. The SMILES string of the molecule is NC(Cc1ccccc1)C(=O)Nc1ccc(N2CCCC2)nc1. The molecule has 5 heteroatoms. The summed E-state index contributed by atoms with van der Waals surface area (Å²) in [6.07, 6.45) is 4.65. The number of nitrogens with one attached hydrogen (secondary N) is 1. The number of carbonyl (C=O) groups excluding carboxylic acids is 1. The molecular weight excluding hydrogens is 288 g/mol. The van der Waals surface area contributed by atoms with Gasteiger partial charge in [-0.15, -0.1) is 0 Å². The molecule has 5 nitrogen and oxygen atoms in total. The third-order valence-electron chi connectivity index (χ3n) is 4.08. The van der Waals surface area contributed by atoms with Crippen LogP contribution in [0.25, 0.3) is 0 Å². The highest BCUT2D eigenvalue weighted by Gasteiger charge is 2.16. The standard InChI is InChI=1S/C18H22N4O/c19-16(12-14-6-2-1-3-7-14)18(23)21-15-8-9-17(20-13-15)22-10-4-5-11-22/h1-3,6-9,13,16H,4-5,10-12,19H2,(H,21,23). The number of hydrogen-bond donors (Lipinski definition) is 2. The van der Waals surface area contributed by atoms with Gasteiger partial charge in [0.2, 0.25) is 5.91 Å². The quantitative estimate of drug-likeness (QED) is 0.888. The second-order valence-corrected chi connectivity index (χ2v) is 5.88. The molecule has 1 atom stereocenters. The van der Waals surface area contributed by atoms with Crippen molar-refractivity contribution in [1.82, 2.24) is 4.98 Å². The average Bonchev–Trinajstić information content (AvgIpc) is 3.11. The van der Waals surface area contributed by atoms with Gasteiger partial charge >= 0.3 is 0 Å². The molecule has 1 unspecified atom stereocenters. The van der Waals surface area contributed by atoms with E-state index in [0.29, 0.717) is 12.1 Å². The van der Waals surface area contributed by atoms with Crippen molar-refractivity contribution in [2.45, 2.75) is 25.3 Å². The van der Waals surface area contributed by atoms with E-state index in [4.69, 9.17) is 5.73 Å². The zero-order valence-corrected chi connectivity index (χ0v) is 13.1. The van der Waals surface area contributed by atoms with Gasteiger partial charge in [-0.1, -0.05) is 30.3 Å². The molecule has 23 heavy (non-hydrogen) atoms. The summed E-state index contributed by atoms with van der Waals surface area (Å²) in [5, 5.41) is 2.83. The number of amides is 1. The predicted molar refractivity (Wildman–Crippen MR) is 92.4 cm³/mol. The smallest absolute Gasteiger partial charge is 0.241 e. The summed E-state index contributed by atoms with van der Waals surface area (Å²) >= 11 is 0. The number of anilines is 2. The van der Waals surface area contributed by atoms with Gasteiger partial charge in [-0.2, -0.15) is 0 Å². The van der Waals surface area contributed by atoms with Gasteiger partial charge in [0.05, 0.1) is 17.9 Å². The number of benzene rings is 1. The van der Waals surface area contributed by atoms with Crippen molar-refractivity contribution in [3.8, 4) is 0 Å². The Morgan fingerprint density at radius 3 is 2.57 bits per heavy atom. The molecule has 2 aromatic rings. The first kappa shape index (κ1) is 15.5. The first-order valence-electron chi connectivity index (χ1n) is 8.04. The van der Waals surface area contributed by atoms with Gasteiger partial charge in [0.15, 0.2) is 0 Å². The predicted octanol–water partition coefficient (Wildman–Crippen LogP) is 2.19. The van der Waals surface area contributed by atoms with Crippen molar-refractivity contribution in [2.75, 3.05) is 23.3 Å². The summed E-state index contributed by atoms with van der Waals surface area (Å²) in [4.78, 5) is 18.9. The van der Waals surface area contributed by atoms with E-state index in [1.54, 1.807) is 6.20 Å². The number of pyridine rings is 1. The van der Waals surface area contributed by atoms with E-state index in [0.717, 1.165) is 24.5 Å². The van der Waals surface area contributed by atoms with Gasteiger partial charge in [0.1, 0.15) is 5.82 Å². The molecule has 0 radical (unpaired) electrons. The van der Waals surface area contributed by atoms with E-state index >= 15 is 0 Å². The van der Waals surface area contributed by atoms with Crippen molar-refractivity contribution in [2.24, 2.45) is 5.73 Å². The molecule has 1 saturated heterocycles. The first-order chi connectivity index (χ1) is 11.2. The van der Waals surface area contributed by atoms with Crippen LogP contribution in [0.4, 0.5) is 11.5 Å². The van der Waals surface area contributed by atoms with Crippen LogP contribution in [0.3, 0.4) is 0 Å². The molecule has 3 rings (SSSR count). The lowest BCUT2D eigenvalue weighted by Crippen LogP contribution is -2.37. The van der Waals surface area contributed by atoms with Crippen LogP contribution in [0, 0.1) is 0 Å². The minimum Gasteiger partial charge on any atom is -0.357 e. The number of aromatic nitrogens is 1. The average molecular weight is 310 g/mol. The maximum atomic E-state index is 12.2. The Morgan fingerprint density at radius 2 is 1.91 bits per heavy atom. The molecule has 1 aromatic carbocycles. The van der Waals surface area contributed by atoms with Crippen LogP contribution in [-0.2, 0) is 11.2 Å². The molecule has 2 heterocycles. The highest BCUT2D eigenvalue weighted by atomic mass is 16.2. The van der Waals surface area contributed by atoms with E-state index in [9.17, 15) is 4.79 Å². The maximum Gasteiger partial charge on any atom is 0.241 e. The lowest BCUT2D eigenvalue weighted by molar-refractivity contribution is -0.117. The lowest BCUT2D eigenvalue weighted by Gasteiger charge is -2.17. The van der Waals surface area contributed by atoms with E-state index in [1.807, 2.05) is 42.5 Å². The summed E-state index contributed by atoms with van der Waals surface area (Å²) in [6, 6.07) is 13.0. The number of nitrogens with two attached hydrogens (primary N) is 1. The van der Waals surface area contributed by atoms with Gasteiger partial charge in [-0.05, 0) is 37.0 Å². The summed E-state index contributed by atoms with van der Waals surface area (Å²) in [7, 11) is 0. The van der Waals surface area contributed by atoms with Crippen molar-refractivity contribution < 1.29 is 4.79 Å². The van der Waals surface area contributed by atoms with Gasteiger partial charge in [0, 0.05) is 13.1 Å². The summed E-state index contributed by atoms with van der Waals surface area (Å²) in [6.45, 7) is 2.11. The minimum atomic E-state index is -0.573. The molecule has 1 fully saturated rings. The molecule has 1 aliphatic rings. The highest BCUT2D eigenvalue weighted by molar-refractivity contribution is 5.94. The van der Waals surface area contributed by atoms with Gasteiger partial charge < -0.3 is 16.0 Å². The Bertz CT molecular complexity index is 636. The van der Waals surface area contributed by atoms with Crippen molar-refractivity contribution in [1.29, 1.82) is 0 Å². The Hall–Kier alpha value is -2.40.